The predicted octanol–water partition coefficient (Wildman–Crippen LogP) is 1.70. The van der Waals surface area contributed by atoms with Crippen molar-refractivity contribution in [3.8, 4) is 0 Å². The molecule has 1 nitrogen and oxygen atoms in total. The fourth-order valence-corrected chi connectivity index (χ4v) is 4.20. The number of rotatable bonds is 0. The first-order valence-corrected chi connectivity index (χ1v) is 5.63. The molecule has 1 aliphatic heterocycles. The Bertz CT molecular complexity index is 155. The van der Waals surface area contributed by atoms with E-state index in [9.17, 15) is 4.21 Å². The van der Waals surface area contributed by atoms with Crippen molar-refractivity contribution in [1.29, 1.82) is 0 Å². The van der Waals surface area contributed by atoms with Gasteiger partial charge in [-0.3, -0.25) is 4.21 Å². The molecule has 58 valence electrons. The molecule has 2 heteroatoms. The second kappa shape index (κ2) is 2.65. The summed E-state index contributed by atoms with van der Waals surface area (Å²) < 4.78 is 11.4. The van der Waals surface area contributed by atoms with Gasteiger partial charge in [0.2, 0.25) is 0 Å². The maximum absolute atomic E-state index is 11.4. The molecule has 2 rings (SSSR count). The van der Waals surface area contributed by atoms with E-state index in [2.05, 4.69) is 0 Å². The monoisotopic (exact) mass is 158 g/mol. The van der Waals surface area contributed by atoms with Crippen LogP contribution in [0.2, 0.25) is 0 Å². The van der Waals surface area contributed by atoms with Crippen molar-refractivity contribution in [3.05, 3.63) is 0 Å². The van der Waals surface area contributed by atoms with Crippen LogP contribution in [0.25, 0.3) is 0 Å². The summed E-state index contributed by atoms with van der Waals surface area (Å²) in [4.78, 5) is 0. The van der Waals surface area contributed by atoms with Crippen LogP contribution in [0.4, 0.5) is 0 Å². The summed E-state index contributed by atoms with van der Waals surface area (Å²) in [5.74, 6) is 1.83. The Kier molecular flexibility index (Phi) is 1.81. The quantitative estimate of drug-likeness (QED) is 0.524. The van der Waals surface area contributed by atoms with Crippen LogP contribution in [0.3, 0.4) is 0 Å². The molecular formula is C8H14OS. The maximum atomic E-state index is 11.4. The van der Waals surface area contributed by atoms with E-state index in [-0.39, 0.29) is 0 Å². The van der Waals surface area contributed by atoms with Gasteiger partial charge in [0.05, 0.1) is 0 Å². The third-order valence-electron chi connectivity index (χ3n) is 2.85. The highest BCUT2D eigenvalue weighted by molar-refractivity contribution is 7.85. The molecule has 0 aromatic heterocycles. The van der Waals surface area contributed by atoms with Gasteiger partial charge in [0.15, 0.2) is 0 Å². The molecule has 0 bridgehead atoms. The Hall–Kier alpha value is 0.150. The molecular weight excluding hydrogens is 144 g/mol. The minimum absolute atomic E-state index is 0.446. The van der Waals surface area contributed by atoms with Crippen LogP contribution in [0.15, 0.2) is 0 Å². The van der Waals surface area contributed by atoms with Crippen molar-refractivity contribution in [2.45, 2.75) is 37.4 Å². The lowest BCUT2D eigenvalue weighted by atomic mass is 10.0. The van der Waals surface area contributed by atoms with E-state index in [1.807, 2.05) is 0 Å². The molecule has 0 amide bonds. The van der Waals surface area contributed by atoms with E-state index in [0.29, 0.717) is 5.25 Å². The van der Waals surface area contributed by atoms with Crippen molar-refractivity contribution in [2.24, 2.45) is 5.92 Å². The summed E-state index contributed by atoms with van der Waals surface area (Å²) in [6.07, 6.45) is 6.51. The highest BCUT2D eigenvalue weighted by atomic mass is 32.2. The zero-order chi connectivity index (χ0) is 6.97. The summed E-state index contributed by atoms with van der Waals surface area (Å²) in [6, 6.07) is 0. The number of hydrogen-bond donors (Lipinski definition) is 0. The molecule has 1 saturated carbocycles. The Morgan fingerprint density at radius 2 is 1.90 bits per heavy atom. The lowest BCUT2D eigenvalue weighted by molar-refractivity contribution is 0.479. The van der Waals surface area contributed by atoms with Crippen molar-refractivity contribution in [1.82, 2.24) is 0 Å². The summed E-state index contributed by atoms with van der Waals surface area (Å²) in [6.45, 7) is 0. The van der Waals surface area contributed by atoms with Crippen LogP contribution in [0.5, 0.6) is 0 Å². The van der Waals surface area contributed by atoms with E-state index >= 15 is 0 Å². The molecule has 2 fully saturated rings. The van der Waals surface area contributed by atoms with E-state index in [4.69, 9.17) is 0 Å². The van der Waals surface area contributed by atoms with E-state index < -0.39 is 10.8 Å². The summed E-state index contributed by atoms with van der Waals surface area (Å²) in [5, 5.41) is 0.605. The topological polar surface area (TPSA) is 17.1 Å². The van der Waals surface area contributed by atoms with Crippen LogP contribution in [-0.2, 0) is 10.8 Å². The van der Waals surface area contributed by atoms with Gasteiger partial charge in [-0.2, -0.15) is 0 Å². The van der Waals surface area contributed by atoms with Gasteiger partial charge in [0.25, 0.3) is 0 Å². The van der Waals surface area contributed by atoms with Gasteiger partial charge in [-0.1, -0.05) is 6.42 Å². The van der Waals surface area contributed by atoms with Gasteiger partial charge in [-0.05, 0) is 31.6 Å². The molecule has 2 aliphatic rings. The van der Waals surface area contributed by atoms with Gasteiger partial charge in [0.1, 0.15) is 0 Å². The summed E-state index contributed by atoms with van der Waals surface area (Å²) in [7, 11) is -0.446. The Morgan fingerprint density at radius 3 is 2.70 bits per heavy atom. The zero-order valence-corrected chi connectivity index (χ0v) is 7.03. The van der Waals surface area contributed by atoms with Crippen molar-refractivity contribution >= 4 is 10.8 Å². The molecule has 0 aromatic rings. The summed E-state index contributed by atoms with van der Waals surface area (Å²) >= 11 is 0. The second-order valence-corrected chi connectivity index (χ2v) is 5.23. The van der Waals surface area contributed by atoms with Crippen LogP contribution < -0.4 is 0 Å². The van der Waals surface area contributed by atoms with Crippen LogP contribution in [-0.4, -0.2) is 15.2 Å². The standard InChI is InChI=1S/C8H14OS/c9-10-6-2-4-7-3-1-5-8(7)10/h7-8H,1-6H2/t7-,8+,10?/m0/s1. The fourth-order valence-electron chi connectivity index (χ4n) is 2.32. The lowest BCUT2D eigenvalue weighted by Crippen LogP contribution is -2.27. The largest absolute Gasteiger partial charge is 0.259 e. The summed E-state index contributed by atoms with van der Waals surface area (Å²) in [5.41, 5.74) is 0. The molecule has 1 heterocycles. The third kappa shape index (κ3) is 1.03. The smallest absolute Gasteiger partial charge is 0.0376 e. The van der Waals surface area contributed by atoms with Crippen LogP contribution >= 0.6 is 0 Å². The second-order valence-electron chi connectivity index (χ2n) is 3.46. The Balaban J connectivity index is 2.10. The van der Waals surface area contributed by atoms with Crippen molar-refractivity contribution < 1.29 is 4.21 Å². The SMILES string of the molecule is O=S1CCC[C@@H]2CCC[C@H]21. The predicted molar refractivity (Wildman–Crippen MR) is 43.4 cm³/mol. The number of fused-ring (bicyclic) bond motifs is 1. The number of hydrogen-bond acceptors (Lipinski definition) is 1. The highest BCUT2D eigenvalue weighted by Crippen LogP contribution is 2.36. The van der Waals surface area contributed by atoms with E-state index in [0.717, 1.165) is 11.7 Å². The van der Waals surface area contributed by atoms with Crippen molar-refractivity contribution in [3.63, 3.8) is 0 Å². The van der Waals surface area contributed by atoms with Crippen LogP contribution in [0.1, 0.15) is 32.1 Å². The lowest BCUT2D eigenvalue weighted by Gasteiger charge is -2.23. The fraction of sp³-hybridized carbons (Fsp3) is 1.00. The molecule has 10 heavy (non-hydrogen) atoms. The molecule has 0 N–H and O–H groups in total. The minimum atomic E-state index is -0.446. The Labute approximate surface area is 64.7 Å². The third-order valence-corrected chi connectivity index (χ3v) is 4.83. The molecule has 1 aliphatic carbocycles. The first kappa shape index (κ1) is 6.84. The molecule has 0 radical (unpaired) electrons. The van der Waals surface area contributed by atoms with Gasteiger partial charge in [-0.15, -0.1) is 0 Å². The minimum Gasteiger partial charge on any atom is -0.259 e. The van der Waals surface area contributed by atoms with Gasteiger partial charge < -0.3 is 0 Å². The normalized spacial score (nSPS) is 47.0. The average Bonchev–Trinajstić information content (AvgIpc) is 2.36. The van der Waals surface area contributed by atoms with Gasteiger partial charge in [-0.25, -0.2) is 0 Å². The molecule has 0 aromatic carbocycles. The van der Waals surface area contributed by atoms with Gasteiger partial charge in [0, 0.05) is 21.8 Å². The maximum Gasteiger partial charge on any atom is 0.0376 e. The highest BCUT2D eigenvalue weighted by Gasteiger charge is 2.34. The zero-order valence-electron chi connectivity index (χ0n) is 6.21. The molecule has 0 spiro atoms. The molecule has 3 atom stereocenters. The van der Waals surface area contributed by atoms with Crippen molar-refractivity contribution in [2.75, 3.05) is 5.75 Å². The molecule has 1 saturated heterocycles. The van der Waals surface area contributed by atoms with E-state index in [1.54, 1.807) is 0 Å². The first-order valence-electron chi connectivity index (χ1n) is 4.25. The average molecular weight is 158 g/mol. The first-order chi connectivity index (χ1) is 4.88. The van der Waals surface area contributed by atoms with Gasteiger partial charge >= 0.3 is 0 Å². The van der Waals surface area contributed by atoms with E-state index in [1.165, 1.54) is 32.1 Å². The molecule has 1 unspecified atom stereocenters. The Morgan fingerprint density at radius 1 is 1.10 bits per heavy atom. The van der Waals surface area contributed by atoms with Crippen LogP contribution in [0, 0.1) is 5.92 Å².